The molecule has 3 heterocycles. The van der Waals surface area contributed by atoms with E-state index in [-0.39, 0.29) is 0 Å². The average Bonchev–Trinajstić information content (AvgIpc) is 2.82. The molecule has 0 atom stereocenters. The quantitative estimate of drug-likeness (QED) is 0.733. The van der Waals surface area contributed by atoms with Crippen molar-refractivity contribution in [1.82, 2.24) is 19.9 Å². The maximum atomic E-state index is 5.37. The number of halogens is 1. The van der Waals surface area contributed by atoms with Crippen molar-refractivity contribution in [3.63, 3.8) is 0 Å². The van der Waals surface area contributed by atoms with Crippen LogP contribution in [0, 0.1) is 0 Å². The Labute approximate surface area is 92.7 Å². The largest absolute Gasteiger partial charge is 0.446 e. The molecule has 1 N–H and O–H groups in total. The van der Waals surface area contributed by atoms with Crippen LogP contribution in [-0.4, -0.2) is 19.9 Å². The van der Waals surface area contributed by atoms with Gasteiger partial charge in [0.05, 0.1) is 6.20 Å². The Bertz CT molecular complexity index is 582. The summed E-state index contributed by atoms with van der Waals surface area (Å²) in [6.07, 6.45) is 3.14. The number of H-pyrrole nitrogens is 1. The Kier molecular flexibility index (Phi) is 1.81. The van der Waals surface area contributed by atoms with Gasteiger partial charge in [-0.05, 0) is 28.1 Å². The third-order valence-electron chi connectivity index (χ3n) is 1.97. The van der Waals surface area contributed by atoms with Crippen LogP contribution in [0.15, 0.2) is 33.7 Å². The number of fused-ring (bicyclic) bond motifs is 1. The number of hydrogen-bond donors (Lipinski definition) is 1. The molecule has 0 aromatic carbocycles. The fourth-order valence-electron chi connectivity index (χ4n) is 1.32. The zero-order valence-electron chi connectivity index (χ0n) is 7.44. The number of imidazole rings is 1. The highest BCUT2D eigenvalue weighted by Crippen LogP contribution is 2.23. The van der Waals surface area contributed by atoms with Gasteiger partial charge in [-0.1, -0.05) is 0 Å². The zero-order chi connectivity index (χ0) is 10.3. The van der Waals surface area contributed by atoms with E-state index in [1.54, 1.807) is 6.20 Å². The Morgan fingerprint density at radius 1 is 1.33 bits per heavy atom. The molecule has 0 amide bonds. The highest BCUT2D eigenvalue weighted by atomic mass is 79.9. The highest BCUT2D eigenvalue weighted by Gasteiger charge is 2.09. The molecule has 3 aromatic rings. The van der Waals surface area contributed by atoms with E-state index in [0.29, 0.717) is 21.9 Å². The van der Waals surface area contributed by atoms with Crippen molar-refractivity contribution in [2.24, 2.45) is 0 Å². The van der Waals surface area contributed by atoms with Gasteiger partial charge in [-0.15, -0.1) is 0 Å². The van der Waals surface area contributed by atoms with E-state index in [4.69, 9.17) is 4.42 Å². The van der Waals surface area contributed by atoms with Crippen LogP contribution in [0.1, 0.15) is 0 Å². The van der Waals surface area contributed by atoms with Crippen molar-refractivity contribution in [2.45, 2.75) is 0 Å². The van der Waals surface area contributed by atoms with Gasteiger partial charge in [0.2, 0.25) is 0 Å². The first-order valence-corrected chi connectivity index (χ1v) is 5.04. The molecule has 0 aliphatic heterocycles. The molecule has 0 fully saturated rings. The SMILES string of the molecule is Brc1ccc(-c2nc3ncncc3[nH]2)o1. The summed E-state index contributed by atoms with van der Waals surface area (Å²) in [5.74, 6) is 1.32. The minimum absolute atomic E-state index is 0.632. The number of furan rings is 1. The average molecular weight is 265 g/mol. The molecular formula is C9H5BrN4O. The molecule has 3 aromatic heterocycles. The molecule has 0 spiro atoms. The molecule has 0 saturated heterocycles. The van der Waals surface area contributed by atoms with Crippen LogP contribution in [0.2, 0.25) is 0 Å². The molecule has 3 rings (SSSR count). The molecule has 0 saturated carbocycles. The molecule has 74 valence electrons. The second-order valence-electron chi connectivity index (χ2n) is 2.95. The van der Waals surface area contributed by atoms with E-state index in [9.17, 15) is 0 Å². The summed E-state index contributed by atoms with van der Waals surface area (Å²) in [4.78, 5) is 15.3. The summed E-state index contributed by atoms with van der Waals surface area (Å²) in [5, 5.41) is 0. The van der Waals surface area contributed by atoms with E-state index >= 15 is 0 Å². The van der Waals surface area contributed by atoms with Gasteiger partial charge in [-0.2, -0.15) is 0 Å². The van der Waals surface area contributed by atoms with Crippen molar-refractivity contribution in [1.29, 1.82) is 0 Å². The standard InChI is InChI=1S/C9H5BrN4O/c10-7-2-1-6(15-7)9-13-5-3-11-4-12-8(5)14-9/h1-4H,(H,11,12,13,14). The number of hydrogen-bond acceptors (Lipinski definition) is 4. The maximum Gasteiger partial charge on any atom is 0.181 e. The van der Waals surface area contributed by atoms with Gasteiger partial charge in [-0.25, -0.2) is 15.0 Å². The molecule has 0 bridgehead atoms. The van der Waals surface area contributed by atoms with Gasteiger partial charge in [0.1, 0.15) is 11.8 Å². The molecule has 0 radical (unpaired) electrons. The lowest BCUT2D eigenvalue weighted by Crippen LogP contribution is -1.76. The molecule has 0 aliphatic carbocycles. The van der Waals surface area contributed by atoms with Crippen LogP contribution < -0.4 is 0 Å². The van der Waals surface area contributed by atoms with Crippen LogP contribution in [0.5, 0.6) is 0 Å². The first kappa shape index (κ1) is 8.60. The lowest BCUT2D eigenvalue weighted by atomic mass is 10.4. The van der Waals surface area contributed by atoms with Crippen LogP contribution in [0.3, 0.4) is 0 Å². The van der Waals surface area contributed by atoms with Gasteiger partial charge < -0.3 is 9.40 Å². The zero-order valence-corrected chi connectivity index (χ0v) is 9.02. The van der Waals surface area contributed by atoms with Gasteiger partial charge in [-0.3, -0.25) is 0 Å². The normalized spacial score (nSPS) is 11.0. The van der Waals surface area contributed by atoms with Crippen molar-refractivity contribution in [2.75, 3.05) is 0 Å². The molecule has 0 unspecified atom stereocenters. The third-order valence-corrected chi connectivity index (χ3v) is 2.39. The smallest absolute Gasteiger partial charge is 0.181 e. The monoisotopic (exact) mass is 264 g/mol. The lowest BCUT2D eigenvalue weighted by molar-refractivity contribution is 0.552. The lowest BCUT2D eigenvalue weighted by Gasteiger charge is -1.86. The van der Waals surface area contributed by atoms with Crippen LogP contribution in [0.4, 0.5) is 0 Å². The third kappa shape index (κ3) is 1.42. The van der Waals surface area contributed by atoms with Gasteiger partial charge in [0, 0.05) is 0 Å². The minimum atomic E-state index is 0.632. The topological polar surface area (TPSA) is 67.6 Å². The van der Waals surface area contributed by atoms with E-state index in [2.05, 4.69) is 35.9 Å². The predicted molar refractivity (Wildman–Crippen MR) is 57.1 cm³/mol. The molecule has 6 heteroatoms. The summed E-state index contributed by atoms with van der Waals surface area (Å²) < 4.78 is 6.04. The summed E-state index contributed by atoms with van der Waals surface area (Å²) in [6.45, 7) is 0. The minimum Gasteiger partial charge on any atom is -0.446 e. The highest BCUT2D eigenvalue weighted by molar-refractivity contribution is 9.10. The van der Waals surface area contributed by atoms with Gasteiger partial charge in [0.25, 0.3) is 0 Å². The van der Waals surface area contributed by atoms with Gasteiger partial charge in [0.15, 0.2) is 21.9 Å². The van der Waals surface area contributed by atoms with Crippen molar-refractivity contribution >= 4 is 27.1 Å². The van der Waals surface area contributed by atoms with E-state index < -0.39 is 0 Å². The fourth-order valence-corrected chi connectivity index (χ4v) is 1.63. The Morgan fingerprint density at radius 2 is 2.27 bits per heavy atom. The Hall–Kier alpha value is -1.69. The summed E-state index contributed by atoms with van der Waals surface area (Å²) in [5.41, 5.74) is 1.42. The van der Waals surface area contributed by atoms with Crippen LogP contribution in [0.25, 0.3) is 22.7 Å². The summed E-state index contributed by atoms with van der Waals surface area (Å²) in [7, 11) is 0. The molecular weight excluding hydrogens is 260 g/mol. The molecule has 15 heavy (non-hydrogen) atoms. The van der Waals surface area contributed by atoms with Crippen molar-refractivity contribution < 1.29 is 4.42 Å². The number of nitrogens with one attached hydrogen (secondary N) is 1. The van der Waals surface area contributed by atoms with Crippen LogP contribution >= 0.6 is 15.9 Å². The summed E-state index contributed by atoms with van der Waals surface area (Å²) >= 11 is 3.24. The van der Waals surface area contributed by atoms with E-state index in [1.807, 2.05) is 12.1 Å². The number of rotatable bonds is 1. The molecule has 0 aliphatic rings. The second-order valence-corrected chi connectivity index (χ2v) is 3.73. The number of aromatic nitrogens is 4. The van der Waals surface area contributed by atoms with Crippen molar-refractivity contribution in [3.05, 3.63) is 29.3 Å². The molecule has 5 nitrogen and oxygen atoms in total. The second kappa shape index (κ2) is 3.16. The van der Waals surface area contributed by atoms with Crippen LogP contribution in [-0.2, 0) is 0 Å². The summed E-state index contributed by atoms with van der Waals surface area (Å²) in [6, 6.07) is 3.64. The first-order valence-electron chi connectivity index (χ1n) is 4.24. The Morgan fingerprint density at radius 3 is 3.00 bits per heavy atom. The number of nitrogens with zero attached hydrogens (tertiary/aromatic N) is 3. The number of aromatic amines is 1. The Balaban J connectivity index is 2.19. The van der Waals surface area contributed by atoms with E-state index in [0.717, 1.165) is 5.52 Å². The van der Waals surface area contributed by atoms with Crippen molar-refractivity contribution in [3.8, 4) is 11.6 Å². The van der Waals surface area contributed by atoms with E-state index in [1.165, 1.54) is 6.33 Å². The first-order chi connectivity index (χ1) is 7.33. The maximum absolute atomic E-state index is 5.37. The predicted octanol–water partition coefficient (Wildman–Crippen LogP) is 2.38. The van der Waals surface area contributed by atoms with Gasteiger partial charge >= 0.3 is 0 Å². The fraction of sp³-hybridized carbons (Fsp3) is 0.